The number of amides is 1. The van der Waals surface area contributed by atoms with Crippen molar-refractivity contribution in [2.75, 3.05) is 11.9 Å². The number of allylic oxidation sites excluding steroid dienone is 1. The first kappa shape index (κ1) is 15.4. The van der Waals surface area contributed by atoms with E-state index in [1.54, 1.807) is 0 Å². The highest BCUT2D eigenvalue weighted by molar-refractivity contribution is 5.92. The Morgan fingerprint density at radius 2 is 2.05 bits per heavy atom. The zero-order chi connectivity index (χ0) is 14.3. The van der Waals surface area contributed by atoms with E-state index in [2.05, 4.69) is 24.1 Å². The molecular weight excluding hydrogens is 236 g/mol. The smallest absolute Gasteiger partial charge is 0.238 e. The summed E-state index contributed by atoms with van der Waals surface area (Å²) in [5.74, 6) is -0.00326. The summed E-state index contributed by atoms with van der Waals surface area (Å²) in [6.07, 6.45) is 2.00. The van der Waals surface area contributed by atoms with Gasteiger partial charge in [-0.15, -0.1) is 6.58 Å². The molecule has 1 aromatic rings. The normalized spacial score (nSPS) is 11.9. The van der Waals surface area contributed by atoms with Crippen LogP contribution in [-0.2, 0) is 4.79 Å². The van der Waals surface area contributed by atoms with Gasteiger partial charge in [0.1, 0.15) is 0 Å². The Hall–Kier alpha value is -1.61. The Balaban J connectivity index is 2.32. The Bertz CT molecular complexity index is 440. The molecule has 0 saturated heterocycles. The van der Waals surface area contributed by atoms with Crippen molar-refractivity contribution in [1.82, 2.24) is 5.32 Å². The quantitative estimate of drug-likeness (QED) is 0.739. The Morgan fingerprint density at radius 1 is 1.37 bits per heavy atom. The van der Waals surface area contributed by atoms with Crippen LogP contribution in [0.5, 0.6) is 0 Å². The molecular formula is C16H24N2O. The lowest BCUT2D eigenvalue weighted by Gasteiger charge is -2.14. The van der Waals surface area contributed by atoms with Crippen molar-refractivity contribution in [2.24, 2.45) is 0 Å². The Morgan fingerprint density at radius 3 is 2.68 bits per heavy atom. The molecule has 1 atom stereocenters. The second-order valence-corrected chi connectivity index (χ2v) is 5.14. The molecule has 2 N–H and O–H groups in total. The van der Waals surface area contributed by atoms with Crippen LogP contribution in [0.1, 0.15) is 32.3 Å². The molecule has 1 rings (SSSR count). The van der Waals surface area contributed by atoms with Crippen molar-refractivity contribution in [1.29, 1.82) is 0 Å². The van der Waals surface area contributed by atoms with Crippen LogP contribution in [0.25, 0.3) is 0 Å². The molecule has 1 aromatic carbocycles. The summed E-state index contributed by atoms with van der Waals surface area (Å²) in [4.78, 5) is 11.8. The molecule has 0 heterocycles. The fraction of sp³-hybridized carbons (Fsp3) is 0.438. The molecule has 1 unspecified atom stereocenters. The molecule has 0 aromatic heterocycles. The fourth-order valence-electron chi connectivity index (χ4n) is 1.74. The monoisotopic (exact) mass is 260 g/mol. The molecule has 0 bridgehead atoms. The predicted octanol–water partition coefficient (Wildman–Crippen LogP) is 3.27. The van der Waals surface area contributed by atoms with Gasteiger partial charge in [0.15, 0.2) is 0 Å². The molecule has 0 aliphatic carbocycles. The summed E-state index contributed by atoms with van der Waals surface area (Å²) >= 11 is 0. The van der Waals surface area contributed by atoms with Crippen LogP contribution in [0.15, 0.2) is 36.4 Å². The number of hydrogen-bond acceptors (Lipinski definition) is 2. The van der Waals surface area contributed by atoms with Gasteiger partial charge in [-0.3, -0.25) is 4.79 Å². The van der Waals surface area contributed by atoms with E-state index in [4.69, 9.17) is 0 Å². The summed E-state index contributed by atoms with van der Waals surface area (Å²) in [6.45, 7) is 10.3. The molecule has 0 saturated carbocycles. The molecule has 3 nitrogen and oxygen atoms in total. The third kappa shape index (κ3) is 6.20. The lowest BCUT2D eigenvalue weighted by molar-refractivity contribution is -0.115. The summed E-state index contributed by atoms with van der Waals surface area (Å²) in [6, 6.07) is 8.10. The number of anilines is 1. The largest absolute Gasteiger partial charge is 0.325 e. The topological polar surface area (TPSA) is 41.1 Å². The van der Waals surface area contributed by atoms with E-state index >= 15 is 0 Å². The number of rotatable bonds is 7. The van der Waals surface area contributed by atoms with Gasteiger partial charge in [-0.2, -0.15) is 0 Å². The van der Waals surface area contributed by atoms with E-state index in [9.17, 15) is 4.79 Å². The minimum Gasteiger partial charge on any atom is -0.325 e. The lowest BCUT2D eigenvalue weighted by atomic mass is 10.1. The van der Waals surface area contributed by atoms with E-state index in [0.29, 0.717) is 12.6 Å². The Kier molecular flexibility index (Phi) is 6.30. The maximum atomic E-state index is 11.8. The van der Waals surface area contributed by atoms with E-state index in [1.165, 1.54) is 5.57 Å². The minimum atomic E-state index is -0.00326. The van der Waals surface area contributed by atoms with Crippen molar-refractivity contribution in [3.05, 3.63) is 42.0 Å². The van der Waals surface area contributed by atoms with Crippen LogP contribution in [0.3, 0.4) is 0 Å². The fourth-order valence-corrected chi connectivity index (χ4v) is 1.74. The Labute approximate surface area is 116 Å². The molecule has 1 amide bonds. The number of carbonyl (C=O) groups is 1. The third-order valence-corrected chi connectivity index (χ3v) is 3.03. The van der Waals surface area contributed by atoms with E-state index in [-0.39, 0.29) is 5.91 Å². The zero-order valence-corrected chi connectivity index (χ0v) is 12.1. The molecule has 0 fully saturated rings. The predicted molar refractivity (Wildman–Crippen MR) is 81.3 cm³/mol. The van der Waals surface area contributed by atoms with E-state index in [1.807, 2.05) is 38.1 Å². The van der Waals surface area contributed by atoms with Crippen molar-refractivity contribution in [2.45, 2.75) is 39.7 Å². The number of nitrogens with one attached hydrogen (secondary N) is 2. The number of aryl methyl sites for hydroxylation is 1. The number of para-hydroxylation sites is 1. The highest BCUT2D eigenvalue weighted by atomic mass is 16.1. The van der Waals surface area contributed by atoms with Gasteiger partial charge in [0.2, 0.25) is 5.91 Å². The van der Waals surface area contributed by atoms with Crippen molar-refractivity contribution in [3.8, 4) is 0 Å². The van der Waals surface area contributed by atoms with Gasteiger partial charge < -0.3 is 10.6 Å². The molecule has 104 valence electrons. The highest BCUT2D eigenvalue weighted by Gasteiger charge is 2.07. The van der Waals surface area contributed by atoms with Gasteiger partial charge in [0, 0.05) is 11.7 Å². The second-order valence-electron chi connectivity index (χ2n) is 5.14. The summed E-state index contributed by atoms with van der Waals surface area (Å²) < 4.78 is 0. The van der Waals surface area contributed by atoms with Crippen molar-refractivity contribution >= 4 is 11.6 Å². The standard InChI is InChI=1S/C16H24N2O/c1-12(2)9-10-14(4)17-11-16(19)18-15-8-6-5-7-13(15)3/h5-8,14,17H,1,9-11H2,2-4H3,(H,18,19). The van der Waals surface area contributed by atoms with Crippen LogP contribution < -0.4 is 10.6 Å². The maximum Gasteiger partial charge on any atom is 0.238 e. The molecule has 0 spiro atoms. The van der Waals surface area contributed by atoms with Crippen LogP contribution in [0.2, 0.25) is 0 Å². The first-order valence-corrected chi connectivity index (χ1v) is 6.72. The van der Waals surface area contributed by atoms with Crippen molar-refractivity contribution < 1.29 is 4.79 Å². The first-order valence-electron chi connectivity index (χ1n) is 6.72. The number of carbonyl (C=O) groups excluding carboxylic acids is 1. The van der Waals surface area contributed by atoms with Gasteiger partial charge in [0.05, 0.1) is 6.54 Å². The molecule has 0 aliphatic rings. The van der Waals surface area contributed by atoms with Crippen LogP contribution in [0, 0.1) is 6.92 Å². The first-order chi connectivity index (χ1) is 8.99. The third-order valence-electron chi connectivity index (χ3n) is 3.03. The van der Waals surface area contributed by atoms with Crippen molar-refractivity contribution in [3.63, 3.8) is 0 Å². The van der Waals surface area contributed by atoms with Crippen LogP contribution in [-0.4, -0.2) is 18.5 Å². The summed E-state index contributed by atoms with van der Waals surface area (Å²) in [5, 5.41) is 6.14. The molecule has 0 aliphatic heterocycles. The lowest BCUT2D eigenvalue weighted by Crippen LogP contribution is -2.34. The van der Waals surface area contributed by atoms with Gasteiger partial charge >= 0.3 is 0 Å². The maximum absolute atomic E-state index is 11.8. The van der Waals surface area contributed by atoms with Gasteiger partial charge in [-0.1, -0.05) is 23.8 Å². The second kappa shape index (κ2) is 7.74. The summed E-state index contributed by atoms with van der Waals surface area (Å²) in [5.41, 5.74) is 3.13. The summed E-state index contributed by atoms with van der Waals surface area (Å²) in [7, 11) is 0. The average Bonchev–Trinajstić information content (AvgIpc) is 2.36. The zero-order valence-electron chi connectivity index (χ0n) is 12.1. The van der Waals surface area contributed by atoms with Gasteiger partial charge in [-0.05, 0) is 45.2 Å². The molecule has 3 heteroatoms. The number of hydrogen-bond donors (Lipinski definition) is 2. The van der Waals surface area contributed by atoms with Gasteiger partial charge in [0.25, 0.3) is 0 Å². The van der Waals surface area contributed by atoms with E-state index in [0.717, 1.165) is 24.1 Å². The van der Waals surface area contributed by atoms with Gasteiger partial charge in [-0.25, -0.2) is 0 Å². The molecule has 0 radical (unpaired) electrons. The molecule has 19 heavy (non-hydrogen) atoms. The average molecular weight is 260 g/mol. The highest BCUT2D eigenvalue weighted by Crippen LogP contribution is 2.12. The SMILES string of the molecule is C=C(C)CCC(C)NCC(=O)Nc1ccccc1C. The van der Waals surface area contributed by atoms with Crippen LogP contribution >= 0.6 is 0 Å². The number of benzene rings is 1. The van der Waals surface area contributed by atoms with E-state index < -0.39 is 0 Å². The van der Waals surface area contributed by atoms with Crippen LogP contribution in [0.4, 0.5) is 5.69 Å². The minimum absolute atomic E-state index is 0.00326.